The van der Waals surface area contributed by atoms with Gasteiger partial charge in [-0.05, 0) is 67.1 Å². The Balaban J connectivity index is 1.15. The van der Waals surface area contributed by atoms with Crippen LogP contribution >= 0.6 is 46.1 Å². The molecular weight excluding hydrogens is 669 g/mol. The molecule has 0 aliphatic rings. The number of rotatable bonds is 11. The first kappa shape index (κ1) is 32.8. The number of hydrazone groups is 1. The summed E-state index contributed by atoms with van der Waals surface area (Å²) in [5.74, 6) is -0.386. The number of anilines is 3. The number of thiazole rings is 1. The van der Waals surface area contributed by atoms with E-state index in [4.69, 9.17) is 44.3 Å². The Morgan fingerprint density at radius 2 is 1.65 bits per heavy atom. The molecule has 1 aromatic heterocycles. The predicted molar refractivity (Wildman–Crippen MR) is 186 cm³/mol. The van der Waals surface area contributed by atoms with Crippen LogP contribution in [-0.4, -0.2) is 36.7 Å². The molecule has 0 aliphatic heterocycles. The van der Waals surface area contributed by atoms with Gasteiger partial charge in [-0.2, -0.15) is 5.10 Å². The number of hydrogen-bond acceptors (Lipinski definition) is 8. The number of amides is 2. The molecule has 1 heterocycles. The van der Waals surface area contributed by atoms with E-state index in [-0.39, 0.29) is 23.1 Å². The Morgan fingerprint density at radius 3 is 2.37 bits per heavy atom. The second-order valence-electron chi connectivity index (χ2n) is 9.81. The maximum Gasteiger partial charge on any atom is 0.271 e. The smallest absolute Gasteiger partial charge is 0.271 e. The van der Waals surface area contributed by atoms with Gasteiger partial charge in [0.2, 0.25) is 0 Å². The van der Waals surface area contributed by atoms with Crippen molar-refractivity contribution < 1.29 is 19.1 Å². The molecule has 46 heavy (non-hydrogen) atoms. The average molecular weight is 695 g/mol. The molecule has 0 unspecified atom stereocenters. The molecular formula is C33H26Cl3N5O4S. The number of halogens is 3. The number of carbonyl (C=O) groups is 2. The zero-order valence-electron chi connectivity index (χ0n) is 24.4. The number of benzene rings is 4. The van der Waals surface area contributed by atoms with Crippen molar-refractivity contribution in [1.29, 1.82) is 0 Å². The number of carbonyl (C=O) groups excluding carboxylic acids is 2. The number of nitrogens with zero attached hydrogens (tertiary/aromatic N) is 2. The van der Waals surface area contributed by atoms with Crippen molar-refractivity contribution in [2.75, 3.05) is 24.4 Å². The van der Waals surface area contributed by atoms with E-state index < -0.39 is 11.8 Å². The third kappa shape index (κ3) is 8.55. The first-order valence-corrected chi connectivity index (χ1v) is 15.7. The van der Waals surface area contributed by atoms with E-state index in [2.05, 4.69) is 26.1 Å². The molecule has 0 atom stereocenters. The fourth-order valence-corrected chi connectivity index (χ4v) is 5.42. The molecule has 234 valence electrons. The number of aromatic nitrogens is 1. The highest BCUT2D eigenvalue weighted by atomic mass is 35.5. The van der Waals surface area contributed by atoms with E-state index in [9.17, 15) is 9.59 Å². The topological polar surface area (TPSA) is 114 Å². The van der Waals surface area contributed by atoms with Crippen molar-refractivity contribution in [1.82, 2.24) is 10.4 Å². The zero-order chi connectivity index (χ0) is 32.6. The number of hydrogen-bond donors (Lipinski definition) is 3. The van der Waals surface area contributed by atoms with Gasteiger partial charge in [0.05, 0.1) is 34.1 Å². The molecule has 0 radical (unpaired) electrons. The van der Waals surface area contributed by atoms with E-state index in [1.54, 1.807) is 36.4 Å². The summed E-state index contributed by atoms with van der Waals surface area (Å²) < 4.78 is 11.0. The first-order valence-electron chi connectivity index (χ1n) is 13.7. The van der Waals surface area contributed by atoms with Crippen LogP contribution in [0.3, 0.4) is 0 Å². The minimum absolute atomic E-state index is 0.174. The van der Waals surface area contributed by atoms with Crippen LogP contribution in [-0.2, 0) is 4.79 Å². The van der Waals surface area contributed by atoms with Crippen molar-refractivity contribution in [3.05, 3.63) is 116 Å². The Labute approximate surface area is 284 Å². The van der Waals surface area contributed by atoms with E-state index in [0.717, 1.165) is 22.1 Å². The van der Waals surface area contributed by atoms with Gasteiger partial charge in [-0.3, -0.25) is 9.59 Å². The maximum absolute atomic E-state index is 12.7. The number of methoxy groups -OCH3 is 1. The number of nitrogens with one attached hydrogen (secondary N) is 3. The van der Waals surface area contributed by atoms with E-state index in [0.29, 0.717) is 26.9 Å². The van der Waals surface area contributed by atoms with Crippen molar-refractivity contribution in [3.63, 3.8) is 0 Å². The quantitative estimate of drug-likeness (QED) is 0.0943. The summed E-state index contributed by atoms with van der Waals surface area (Å²) in [6.07, 6.45) is 1.42. The first-order chi connectivity index (χ1) is 22.2. The summed E-state index contributed by atoms with van der Waals surface area (Å²) >= 11 is 19.8. The summed E-state index contributed by atoms with van der Waals surface area (Å²) in [6, 6.07) is 23.0. The SMILES string of the molecule is COc1cc(/C=N/NC(=O)c2ccc(-c3csc(Nc4ccc(C)cc4)n3)cc2)cc(Cl)c1OCC(=O)Nc1ccc(Cl)c(Cl)c1. The lowest BCUT2D eigenvalue weighted by Crippen LogP contribution is -2.20. The lowest BCUT2D eigenvalue weighted by Gasteiger charge is -2.13. The van der Waals surface area contributed by atoms with Gasteiger partial charge in [0.1, 0.15) is 0 Å². The van der Waals surface area contributed by atoms with Crippen molar-refractivity contribution >= 4 is 80.7 Å². The molecule has 0 aliphatic carbocycles. The number of ether oxygens (including phenoxy) is 2. The summed E-state index contributed by atoms with van der Waals surface area (Å²) in [4.78, 5) is 29.7. The van der Waals surface area contributed by atoms with Gasteiger partial charge in [0, 0.05) is 27.9 Å². The van der Waals surface area contributed by atoms with Crippen LogP contribution in [0.15, 0.2) is 89.3 Å². The minimum atomic E-state index is -0.440. The highest BCUT2D eigenvalue weighted by molar-refractivity contribution is 7.14. The average Bonchev–Trinajstić information content (AvgIpc) is 3.51. The van der Waals surface area contributed by atoms with Gasteiger partial charge in [0.15, 0.2) is 23.2 Å². The second-order valence-corrected chi connectivity index (χ2v) is 11.9. The zero-order valence-corrected chi connectivity index (χ0v) is 27.5. The highest BCUT2D eigenvalue weighted by Crippen LogP contribution is 2.36. The van der Waals surface area contributed by atoms with Gasteiger partial charge >= 0.3 is 0 Å². The monoisotopic (exact) mass is 693 g/mol. The summed E-state index contributed by atoms with van der Waals surface area (Å²) in [5, 5.41) is 13.6. The Morgan fingerprint density at radius 1 is 0.913 bits per heavy atom. The van der Waals surface area contributed by atoms with Crippen molar-refractivity contribution in [2.45, 2.75) is 6.92 Å². The molecule has 13 heteroatoms. The van der Waals surface area contributed by atoms with Gasteiger partial charge in [-0.1, -0.05) is 64.6 Å². The third-order valence-electron chi connectivity index (χ3n) is 6.43. The van der Waals surface area contributed by atoms with Gasteiger partial charge < -0.3 is 20.1 Å². The standard InChI is InChI=1S/C33H26Cl3N5O4S/c1-19-3-9-23(10-4-19)39-33-40-28(18-46-33)21-5-7-22(8-6-21)32(43)41-37-16-20-13-27(36)31(29(14-20)44-2)45-17-30(42)38-24-11-12-25(34)26(35)15-24/h3-16,18H,17H2,1-2H3,(H,38,42)(H,39,40)(H,41,43)/b37-16+. The van der Waals surface area contributed by atoms with Crippen LogP contribution in [0, 0.1) is 6.92 Å². The van der Waals surface area contributed by atoms with E-state index in [1.807, 2.05) is 48.7 Å². The summed E-state index contributed by atoms with van der Waals surface area (Å²) in [6.45, 7) is 1.70. The van der Waals surface area contributed by atoms with E-state index >= 15 is 0 Å². The van der Waals surface area contributed by atoms with Gasteiger partial charge in [-0.15, -0.1) is 11.3 Å². The molecule has 4 aromatic carbocycles. The van der Waals surface area contributed by atoms with Gasteiger partial charge in [-0.25, -0.2) is 10.4 Å². The van der Waals surface area contributed by atoms with Crippen LogP contribution in [0.2, 0.25) is 15.1 Å². The molecule has 5 rings (SSSR count). The summed E-state index contributed by atoms with van der Waals surface area (Å²) in [7, 11) is 1.44. The largest absolute Gasteiger partial charge is 0.493 e. The summed E-state index contributed by atoms with van der Waals surface area (Å²) in [5.41, 5.74) is 7.75. The molecule has 0 fully saturated rings. The minimum Gasteiger partial charge on any atom is -0.493 e. The second kappa shape index (κ2) is 15.1. The van der Waals surface area contributed by atoms with E-state index in [1.165, 1.54) is 36.3 Å². The molecule has 3 N–H and O–H groups in total. The van der Waals surface area contributed by atoms with Crippen LogP contribution < -0.4 is 25.5 Å². The molecule has 2 amide bonds. The lowest BCUT2D eigenvalue weighted by molar-refractivity contribution is -0.118. The molecule has 0 bridgehead atoms. The van der Waals surface area contributed by atoms with Crippen LogP contribution in [0.5, 0.6) is 11.5 Å². The number of aryl methyl sites for hydroxylation is 1. The van der Waals surface area contributed by atoms with Crippen molar-refractivity contribution in [3.8, 4) is 22.8 Å². The lowest BCUT2D eigenvalue weighted by atomic mass is 10.1. The Hall–Kier alpha value is -4.61. The van der Waals surface area contributed by atoms with Crippen molar-refractivity contribution in [2.24, 2.45) is 5.10 Å². The normalized spacial score (nSPS) is 10.9. The van der Waals surface area contributed by atoms with Crippen LogP contribution in [0.25, 0.3) is 11.3 Å². The fraction of sp³-hybridized carbons (Fsp3) is 0.0909. The third-order valence-corrected chi connectivity index (χ3v) is 8.21. The highest BCUT2D eigenvalue weighted by Gasteiger charge is 2.15. The fourth-order valence-electron chi connectivity index (χ4n) is 4.11. The molecule has 9 nitrogen and oxygen atoms in total. The molecule has 0 saturated carbocycles. The van der Waals surface area contributed by atoms with Gasteiger partial charge in [0.25, 0.3) is 11.8 Å². The molecule has 5 aromatic rings. The Bertz CT molecular complexity index is 1900. The molecule has 0 spiro atoms. The maximum atomic E-state index is 12.7. The van der Waals surface area contributed by atoms with Crippen LogP contribution in [0.1, 0.15) is 21.5 Å². The molecule has 0 saturated heterocycles. The Kier molecular flexibility index (Phi) is 10.8. The predicted octanol–water partition coefficient (Wildman–Crippen LogP) is 8.61. The van der Waals surface area contributed by atoms with Crippen LogP contribution in [0.4, 0.5) is 16.5 Å².